The van der Waals surface area contributed by atoms with E-state index in [1.807, 2.05) is 0 Å². The van der Waals surface area contributed by atoms with Crippen LogP contribution in [0.4, 0.5) is 22.7 Å². The summed E-state index contributed by atoms with van der Waals surface area (Å²) in [6.07, 6.45) is 0. The van der Waals surface area contributed by atoms with E-state index in [0.29, 0.717) is 22.7 Å². The smallest absolute Gasteiger partial charge is 0.0570 e. The Morgan fingerprint density at radius 1 is 0.636 bits per heavy atom. The normalized spacial score (nSPS) is 8.73. The molecule has 0 atom stereocenters. The average molecular weight is 197 g/mol. The van der Waals surface area contributed by atoms with Gasteiger partial charge in [-0.2, -0.15) is 0 Å². The first-order valence-corrected chi connectivity index (χ1v) is 2.81. The number of hydrogen-bond acceptors (Lipinski definition) is 4. The summed E-state index contributed by atoms with van der Waals surface area (Å²) in [6, 6.07) is 3.09. The van der Waals surface area contributed by atoms with Gasteiger partial charge in [-0.1, -0.05) is 0 Å². The van der Waals surface area contributed by atoms with E-state index in [2.05, 4.69) is 0 Å². The van der Waals surface area contributed by atoms with Gasteiger partial charge in [-0.25, -0.2) is 0 Å². The third kappa shape index (κ3) is 1.92. The Bertz CT molecular complexity index is 211. The Morgan fingerprint density at radius 3 is 1.00 bits per heavy atom. The first-order chi connectivity index (χ1) is 4.61. The number of hydrogen-bond donors (Lipinski definition) is 4. The maximum Gasteiger partial charge on any atom is 0.0570 e. The number of rotatable bonds is 0. The molecule has 0 spiro atoms. The van der Waals surface area contributed by atoms with Crippen molar-refractivity contribution in [3.05, 3.63) is 12.1 Å². The summed E-state index contributed by atoms with van der Waals surface area (Å²) in [6.45, 7) is 0. The Hall–Kier alpha value is -1.09. The van der Waals surface area contributed by atoms with Gasteiger partial charge < -0.3 is 22.9 Å². The van der Waals surface area contributed by atoms with Gasteiger partial charge in [-0.3, -0.25) is 0 Å². The summed E-state index contributed by atoms with van der Waals surface area (Å²) < 4.78 is 0. The van der Waals surface area contributed by atoms with Crippen molar-refractivity contribution in [1.29, 1.82) is 0 Å². The fourth-order valence-electron chi connectivity index (χ4n) is 0.668. The summed E-state index contributed by atoms with van der Waals surface area (Å²) in [5.41, 5.74) is 23.6. The molecule has 1 aromatic rings. The van der Waals surface area contributed by atoms with Gasteiger partial charge in [-0.15, -0.1) is 0 Å². The molecule has 1 aromatic carbocycles. The summed E-state index contributed by atoms with van der Waals surface area (Å²) in [7, 11) is 0. The van der Waals surface area contributed by atoms with Crippen LogP contribution in [0.15, 0.2) is 12.1 Å². The largest absolute Gasteiger partial charge is 0.397 e. The second-order valence-corrected chi connectivity index (χ2v) is 2.11. The summed E-state index contributed by atoms with van der Waals surface area (Å²) in [5, 5.41) is 0. The minimum Gasteiger partial charge on any atom is -0.397 e. The third-order valence-corrected chi connectivity index (χ3v) is 1.29. The maximum atomic E-state index is 5.43. The fourth-order valence-corrected chi connectivity index (χ4v) is 0.668. The molecule has 0 aliphatic carbocycles. The van der Waals surface area contributed by atoms with E-state index in [-0.39, 0.29) is 16.5 Å². The molecule has 0 amide bonds. The Balaban J connectivity index is 0.000001000. The Labute approximate surface area is 74.8 Å². The number of anilines is 4. The van der Waals surface area contributed by atoms with Gasteiger partial charge in [0.25, 0.3) is 0 Å². The van der Waals surface area contributed by atoms with Crippen molar-refractivity contribution < 1.29 is 16.5 Å². The molecule has 1 rings (SSSR count). The summed E-state index contributed by atoms with van der Waals surface area (Å²) in [4.78, 5) is 0. The van der Waals surface area contributed by atoms with Crippen molar-refractivity contribution in [2.45, 2.75) is 0 Å². The zero-order chi connectivity index (χ0) is 7.72. The third-order valence-electron chi connectivity index (χ3n) is 1.29. The molecule has 8 N–H and O–H groups in total. The molecule has 0 unspecified atom stereocenters. The molecule has 0 aliphatic heterocycles. The monoisotopic (exact) mass is 196 g/mol. The van der Waals surface area contributed by atoms with Crippen molar-refractivity contribution in [2.24, 2.45) is 0 Å². The van der Waals surface area contributed by atoms with Crippen LogP contribution in [0.3, 0.4) is 0 Å². The van der Waals surface area contributed by atoms with E-state index < -0.39 is 0 Å². The molecule has 0 radical (unpaired) electrons. The molecule has 0 aromatic heterocycles. The minimum atomic E-state index is 0. The van der Waals surface area contributed by atoms with E-state index in [0.717, 1.165) is 0 Å². The number of nitrogen functional groups attached to an aromatic ring is 4. The van der Waals surface area contributed by atoms with E-state index in [9.17, 15) is 0 Å². The van der Waals surface area contributed by atoms with Gasteiger partial charge in [0, 0.05) is 16.5 Å². The molecule has 64 valence electrons. The van der Waals surface area contributed by atoms with Crippen LogP contribution in [-0.4, -0.2) is 0 Å². The summed E-state index contributed by atoms with van der Waals surface area (Å²) >= 11 is 0. The summed E-state index contributed by atoms with van der Waals surface area (Å²) in [5.74, 6) is 0. The van der Waals surface area contributed by atoms with Crippen molar-refractivity contribution in [2.75, 3.05) is 22.9 Å². The number of benzene rings is 1. The van der Waals surface area contributed by atoms with E-state index in [1.165, 1.54) is 0 Å². The molecule has 0 saturated carbocycles. The van der Waals surface area contributed by atoms with E-state index in [1.54, 1.807) is 12.1 Å². The van der Waals surface area contributed by atoms with Crippen molar-refractivity contribution in [1.82, 2.24) is 0 Å². The van der Waals surface area contributed by atoms with Gasteiger partial charge in [0.2, 0.25) is 0 Å². The molecule has 0 fully saturated rings. The van der Waals surface area contributed by atoms with Crippen LogP contribution in [0.1, 0.15) is 0 Å². The van der Waals surface area contributed by atoms with Crippen LogP contribution in [0.25, 0.3) is 0 Å². The molecule has 0 heterocycles. The van der Waals surface area contributed by atoms with Gasteiger partial charge in [0.1, 0.15) is 0 Å². The predicted molar refractivity (Wildman–Crippen MR) is 44.1 cm³/mol. The van der Waals surface area contributed by atoms with Crippen molar-refractivity contribution >= 4 is 22.7 Å². The maximum absolute atomic E-state index is 5.43. The van der Waals surface area contributed by atoms with E-state index in [4.69, 9.17) is 22.9 Å². The van der Waals surface area contributed by atoms with Gasteiger partial charge in [0.05, 0.1) is 22.7 Å². The number of nitrogens with two attached hydrogens (primary N) is 4. The van der Waals surface area contributed by atoms with Gasteiger partial charge >= 0.3 is 0 Å². The first-order valence-electron chi connectivity index (χ1n) is 2.81. The SMILES string of the molecule is Nc1cc(N)c(N)cc1N.[Ni]. The Morgan fingerprint density at radius 2 is 0.818 bits per heavy atom. The molecule has 0 aliphatic rings. The van der Waals surface area contributed by atoms with Crippen LogP contribution in [0.2, 0.25) is 0 Å². The minimum absolute atomic E-state index is 0. The molecule has 0 bridgehead atoms. The molecule has 5 heteroatoms. The molecular weight excluding hydrogens is 187 g/mol. The zero-order valence-electron chi connectivity index (χ0n) is 5.78. The van der Waals surface area contributed by atoms with Crippen molar-refractivity contribution in [3.63, 3.8) is 0 Å². The molecule has 11 heavy (non-hydrogen) atoms. The van der Waals surface area contributed by atoms with Crippen LogP contribution in [0.5, 0.6) is 0 Å². The van der Waals surface area contributed by atoms with Crippen molar-refractivity contribution in [3.8, 4) is 0 Å². The zero-order valence-corrected chi connectivity index (χ0v) is 6.77. The quantitative estimate of drug-likeness (QED) is 0.347. The molecule has 0 saturated heterocycles. The molecular formula is C6H10N4Ni. The van der Waals surface area contributed by atoms with Crippen LogP contribution < -0.4 is 22.9 Å². The second kappa shape index (κ2) is 3.35. The second-order valence-electron chi connectivity index (χ2n) is 2.11. The fraction of sp³-hybridized carbons (Fsp3) is 0. The van der Waals surface area contributed by atoms with Crippen LogP contribution in [-0.2, 0) is 16.5 Å². The standard InChI is InChI=1S/C6H10N4.Ni/c7-3-1-4(8)6(10)2-5(3)9;/h1-2H,7-10H2;. The first kappa shape index (κ1) is 9.91. The van der Waals surface area contributed by atoms with E-state index >= 15 is 0 Å². The molecule has 4 nitrogen and oxygen atoms in total. The van der Waals surface area contributed by atoms with Gasteiger partial charge in [0.15, 0.2) is 0 Å². The average Bonchev–Trinajstić information content (AvgIpc) is 1.84. The predicted octanol–water partition coefficient (Wildman–Crippen LogP) is 0.0129. The Kier molecular flexibility index (Phi) is 3.02. The van der Waals surface area contributed by atoms with Gasteiger partial charge in [-0.05, 0) is 12.1 Å². The topological polar surface area (TPSA) is 104 Å². The van der Waals surface area contributed by atoms with Crippen LogP contribution >= 0.6 is 0 Å². The van der Waals surface area contributed by atoms with Crippen LogP contribution in [0, 0.1) is 0 Å².